The average Bonchev–Trinajstić information content (AvgIpc) is 2.84. The van der Waals surface area contributed by atoms with Crippen LogP contribution in [0, 0.1) is 0 Å². The topological polar surface area (TPSA) is 38.5 Å². The molecule has 0 aromatic heterocycles. The van der Waals surface area contributed by atoms with Crippen molar-refractivity contribution in [2.75, 3.05) is 31.6 Å². The van der Waals surface area contributed by atoms with Gasteiger partial charge in [0.05, 0.1) is 6.10 Å². The van der Waals surface area contributed by atoms with Gasteiger partial charge < -0.3 is 15.4 Å². The normalized spacial score (nSPS) is 19.2. The van der Waals surface area contributed by atoms with E-state index in [4.69, 9.17) is 22.1 Å². The molecule has 18 heavy (non-hydrogen) atoms. The van der Waals surface area contributed by atoms with Crippen molar-refractivity contribution in [2.24, 2.45) is 5.73 Å². The van der Waals surface area contributed by atoms with E-state index in [1.807, 2.05) is 12.1 Å². The van der Waals surface area contributed by atoms with Crippen molar-refractivity contribution in [1.29, 1.82) is 0 Å². The molecule has 2 rings (SSSR count). The minimum absolute atomic E-state index is 0.347. The molecular weight excluding hydrogens is 248 g/mol. The Morgan fingerprint density at radius 3 is 3.00 bits per heavy atom. The van der Waals surface area contributed by atoms with Crippen molar-refractivity contribution < 1.29 is 4.74 Å². The molecule has 2 N–H and O–H groups in total. The summed E-state index contributed by atoms with van der Waals surface area (Å²) in [5, 5.41) is 0.803. The molecule has 0 spiro atoms. The second-order valence-corrected chi connectivity index (χ2v) is 5.20. The number of nitrogens with zero attached hydrogens (tertiary/aromatic N) is 1. The summed E-state index contributed by atoms with van der Waals surface area (Å²) in [6.45, 7) is 2.42. The molecule has 0 radical (unpaired) electrons. The summed E-state index contributed by atoms with van der Waals surface area (Å²) < 4.78 is 5.68. The summed E-state index contributed by atoms with van der Waals surface area (Å²) >= 11 is 6.26. The van der Waals surface area contributed by atoms with Crippen molar-refractivity contribution in [2.45, 2.75) is 25.4 Å². The van der Waals surface area contributed by atoms with Crippen LogP contribution in [-0.2, 0) is 11.2 Å². The largest absolute Gasteiger partial charge is 0.376 e. The number of likely N-dealkylation sites (N-methyl/N-ethyl adjacent to an activating group) is 1. The molecule has 1 saturated heterocycles. The molecule has 0 saturated carbocycles. The van der Waals surface area contributed by atoms with Crippen LogP contribution in [0.25, 0.3) is 0 Å². The molecule has 1 fully saturated rings. The molecule has 1 aliphatic heterocycles. The third kappa shape index (κ3) is 3.16. The highest BCUT2D eigenvalue weighted by molar-refractivity contribution is 6.31. The van der Waals surface area contributed by atoms with E-state index < -0.39 is 0 Å². The second kappa shape index (κ2) is 6.41. The van der Waals surface area contributed by atoms with E-state index >= 15 is 0 Å². The summed E-state index contributed by atoms with van der Waals surface area (Å²) in [5.74, 6) is 0. The number of anilines is 1. The van der Waals surface area contributed by atoms with E-state index in [2.05, 4.69) is 18.0 Å². The molecule has 0 aliphatic carbocycles. The van der Waals surface area contributed by atoms with Crippen molar-refractivity contribution in [3.05, 3.63) is 28.8 Å². The Morgan fingerprint density at radius 1 is 1.50 bits per heavy atom. The third-order valence-corrected chi connectivity index (χ3v) is 3.76. The summed E-state index contributed by atoms with van der Waals surface area (Å²) in [4.78, 5) is 2.23. The monoisotopic (exact) mass is 268 g/mol. The van der Waals surface area contributed by atoms with Gasteiger partial charge in [-0.15, -0.1) is 0 Å². The van der Waals surface area contributed by atoms with E-state index in [-0.39, 0.29) is 0 Å². The van der Waals surface area contributed by atoms with Crippen LogP contribution in [0.15, 0.2) is 18.2 Å². The molecule has 3 nitrogen and oxygen atoms in total. The smallest absolute Gasteiger partial charge is 0.0750 e. The van der Waals surface area contributed by atoms with Gasteiger partial charge in [0.1, 0.15) is 0 Å². The fourth-order valence-corrected chi connectivity index (χ4v) is 2.75. The first kappa shape index (κ1) is 13.7. The molecule has 1 atom stereocenters. The Kier molecular flexibility index (Phi) is 4.87. The predicted octanol–water partition coefficient (Wildman–Crippen LogP) is 2.46. The Bertz CT molecular complexity index is 391. The summed E-state index contributed by atoms with van der Waals surface area (Å²) in [6.07, 6.45) is 3.48. The summed E-state index contributed by atoms with van der Waals surface area (Å²) in [7, 11) is 2.09. The van der Waals surface area contributed by atoms with Crippen LogP contribution in [0.3, 0.4) is 0 Å². The number of nitrogens with two attached hydrogens (primary N) is 1. The lowest BCUT2D eigenvalue weighted by Crippen LogP contribution is -2.29. The fourth-order valence-electron chi connectivity index (χ4n) is 2.49. The maximum atomic E-state index is 6.26. The van der Waals surface area contributed by atoms with Gasteiger partial charge in [0.25, 0.3) is 0 Å². The predicted molar refractivity (Wildman–Crippen MR) is 76.5 cm³/mol. The standard InChI is InChI=1S/C14H21ClN2O/c1-17(10-11-4-3-9-18-11)14-6-2-5-13(15)12(14)7-8-16/h2,5-6,11H,3-4,7-10,16H2,1H3. The summed E-state index contributed by atoms with van der Waals surface area (Å²) in [6, 6.07) is 6.02. The number of halogens is 1. The van der Waals surface area contributed by atoms with Crippen LogP contribution in [0.2, 0.25) is 5.02 Å². The van der Waals surface area contributed by atoms with Crippen molar-refractivity contribution in [3.8, 4) is 0 Å². The zero-order valence-electron chi connectivity index (χ0n) is 10.9. The number of rotatable bonds is 5. The Balaban J connectivity index is 2.12. The van der Waals surface area contributed by atoms with Crippen molar-refractivity contribution in [1.82, 2.24) is 0 Å². The molecule has 1 heterocycles. The first-order chi connectivity index (χ1) is 8.72. The lowest BCUT2D eigenvalue weighted by Gasteiger charge is -2.25. The van der Waals surface area contributed by atoms with Crippen molar-refractivity contribution in [3.63, 3.8) is 0 Å². The fraction of sp³-hybridized carbons (Fsp3) is 0.571. The van der Waals surface area contributed by atoms with Gasteiger partial charge in [-0.1, -0.05) is 17.7 Å². The van der Waals surface area contributed by atoms with Gasteiger partial charge in [0.2, 0.25) is 0 Å². The minimum atomic E-state index is 0.347. The maximum absolute atomic E-state index is 6.26. The molecular formula is C14H21ClN2O. The second-order valence-electron chi connectivity index (χ2n) is 4.79. The molecule has 100 valence electrons. The highest BCUT2D eigenvalue weighted by Gasteiger charge is 2.19. The first-order valence-electron chi connectivity index (χ1n) is 6.52. The average molecular weight is 269 g/mol. The zero-order valence-corrected chi connectivity index (χ0v) is 11.6. The highest BCUT2D eigenvalue weighted by Crippen LogP contribution is 2.28. The molecule has 1 unspecified atom stereocenters. The lowest BCUT2D eigenvalue weighted by molar-refractivity contribution is 0.116. The number of benzene rings is 1. The first-order valence-corrected chi connectivity index (χ1v) is 6.90. The minimum Gasteiger partial charge on any atom is -0.376 e. The Labute approximate surface area is 114 Å². The Morgan fingerprint density at radius 2 is 2.33 bits per heavy atom. The number of hydrogen-bond acceptors (Lipinski definition) is 3. The van der Waals surface area contributed by atoms with Gasteiger partial charge in [-0.25, -0.2) is 0 Å². The van der Waals surface area contributed by atoms with Gasteiger partial charge in [-0.05, 0) is 43.5 Å². The van der Waals surface area contributed by atoms with Gasteiger partial charge in [0.15, 0.2) is 0 Å². The third-order valence-electron chi connectivity index (χ3n) is 3.40. The van der Waals surface area contributed by atoms with Gasteiger partial charge in [0, 0.05) is 30.9 Å². The van der Waals surface area contributed by atoms with E-state index in [0.29, 0.717) is 12.6 Å². The molecule has 0 amide bonds. The molecule has 1 aliphatic rings. The molecule has 1 aromatic rings. The van der Waals surface area contributed by atoms with E-state index in [1.54, 1.807) is 0 Å². The van der Waals surface area contributed by atoms with Crippen molar-refractivity contribution >= 4 is 17.3 Å². The molecule has 4 heteroatoms. The van der Waals surface area contributed by atoms with Gasteiger partial charge in [-0.3, -0.25) is 0 Å². The number of hydrogen-bond donors (Lipinski definition) is 1. The van der Waals surface area contributed by atoms with Crippen LogP contribution >= 0.6 is 11.6 Å². The quantitative estimate of drug-likeness (QED) is 0.892. The Hall–Kier alpha value is -0.770. The zero-order chi connectivity index (χ0) is 13.0. The van der Waals surface area contributed by atoms with Crippen LogP contribution in [-0.4, -0.2) is 32.8 Å². The maximum Gasteiger partial charge on any atom is 0.0750 e. The molecule has 1 aromatic carbocycles. The summed E-state index contributed by atoms with van der Waals surface area (Å²) in [5.41, 5.74) is 7.97. The lowest BCUT2D eigenvalue weighted by atomic mass is 10.1. The van der Waals surface area contributed by atoms with Gasteiger partial charge >= 0.3 is 0 Å². The van der Waals surface area contributed by atoms with E-state index in [9.17, 15) is 0 Å². The van der Waals surface area contributed by atoms with Crippen LogP contribution in [0.1, 0.15) is 18.4 Å². The van der Waals surface area contributed by atoms with Crippen LogP contribution in [0.5, 0.6) is 0 Å². The van der Waals surface area contributed by atoms with Crippen LogP contribution < -0.4 is 10.6 Å². The van der Waals surface area contributed by atoms with Gasteiger partial charge in [-0.2, -0.15) is 0 Å². The van der Waals surface area contributed by atoms with E-state index in [0.717, 1.165) is 36.6 Å². The highest BCUT2D eigenvalue weighted by atomic mass is 35.5. The molecule has 0 bridgehead atoms. The van der Waals surface area contributed by atoms with Crippen LogP contribution in [0.4, 0.5) is 5.69 Å². The number of ether oxygens (including phenoxy) is 1. The SMILES string of the molecule is CN(CC1CCCO1)c1cccc(Cl)c1CCN. The van der Waals surface area contributed by atoms with E-state index in [1.165, 1.54) is 12.1 Å².